The fourth-order valence-corrected chi connectivity index (χ4v) is 4.02. The molecule has 0 aliphatic heterocycles. The van der Waals surface area contributed by atoms with E-state index < -0.39 is 28.6 Å². The van der Waals surface area contributed by atoms with E-state index in [0.29, 0.717) is 22.0 Å². The lowest BCUT2D eigenvalue weighted by Crippen LogP contribution is -2.33. The number of hydrogen-bond acceptors (Lipinski definition) is 5. The average Bonchev–Trinajstić information content (AvgIpc) is 2.74. The fourth-order valence-electron chi connectivity index (χ4n) is 2.75. The Bertz CT molecular complexity index is 1210. The highest BCUT2D eigenvalue weighted by molar-refractivity contribution is 7.83. The lowest BCUT2D eigenvalue weighted by atomic mass is 10.1. The molecule has 3 rings (SSSR count). The van der Waals surface area contributed by atoms with Crippen molar-refractivity contribution >= 4 is 51.9 Å². The van der Waals surface area contributed by atoms with E-state index >= 15 is 0 Å². The van der Waals surface area contributed by atoms with Crippen LogP contribution in [0.3, 0.4) is 0 Å². The summed E-state index contributed by atoms with van der Waals surface area (Å²) in [5, 5.41) is 3.33. The number of aromatic nitrogens is 1. The topological polar surface area (TPSA) is 97.4 Å². The van der Waals surface area contributed by atoms with Crippen LogP contribution in [0.5, 0.6) is 0 Å². The Morgan fingerprint density at radius 2 is 1.76 bits per heavy atom. The minimum atomic E-state index is -1.91. The molecule has 0 spiro atoms. The number of carbonyl (C=O) groups excluding carboxylic acids is 2. The zero-order chi connectivity index (χ0) is 24.2. The predicted octanol–water partition coefficient (Wildman–Crippen LogP) is 5.86. The van der Waals surface area contributed by atoms with Crippen molar-refractivity contribution in [2.45, 2.75) is 31.3 Å². The Morgan fingerprint density at radius 1 is 1.00 bits per heavy atom. The molecule has 0 saturated carbocycles. The number of nitrogens with one attached hydrogen (secondary N) is 2. The Labute approximate surface area is 204 Å². The lowest BCUT2D eigenvalue weighted by molar-refractivity contribution is 0.0572. The number of hydrogen-bond donors (Lipinski definition) is 2. The second kappa shape index (κ2) is 10.3. The maximum atomic E-state index is 12.8. The van der Waals surface area contributed by atoms with Crippen LogP contribution < -0.4 is 10.0 Å². The van der Waals surface area contributed by atoms with Crippen LogP contribution in [0.15, 0.2) is 65.7 Å². The molecule has 172 valence electrons. The minimum Gasteiger partial charge on any atom is -0.443 e. The van der Waals surface area contributed by atoms with Crippen LogP contribution in [0.2, 0.25) is 10.0 Å². The molecule has 1 unspecified atom stereocenters. The third-order valence-corrected chi connectivity index (χ3v) is 5.82. The highest BCUT2D eigenvalue weighted by Gasteiger charge is 2.20. The van der Waals surface area contributed by atoms with E-state index in [9.17, 15) is 13.8 Å². The fraction of sp³-hybridized carbons (Fsp3) is 0.174. The van der Waals surface area contributed by atoms with Gasteiger partial charge >= 0.3 is 6.09 Å². The molecule has 0 fully saturated rings. The van der Waals surface area contributed by atoms with Crippen molar-refractivity contribution in [3.8, 4) is 11.3 Å². The molecule has 33 heavy (non-hydrogen) atoms. The molecule has 2 aromatic carbocycles. The summed E-state index contributed by atoms with van der Waals surface area (Å²) < 4.78 is 19.7. The van der Waals surface area contributed by atoms with Crippen LogP contribution in [-0.2, 0) is 15.7 Å². The van der Waals surface area contributed by atoms with Crippen molar-refractivity contribution in [1.29, 1.82) is 0 Å². The molecule has 2 amide bonds. The number of rotatable bonds is 5. The standard InChI is InChI=1S/C23H21Cl2N3O4S/c1-23(2,3)32-22(30)28-33(31)15-8-9-16(19(25)13-15)21(29)27-14-7-10-18(24)17(12-14)20-6-4-5-11-26-20/h4-13H,1-3H3,(H,27,29)(H,28,30). The van der Waals surface area contributed by atoms with Gasteiger partial charge < -0.3 is 10.1 Å². The number of amides is 2. The van der Waals surface area contributed by atoms with E-state index in [2.05, 4.69) is 15.0 Å². The van der Waals surface area contributed by atoms with Crippen LogP contribution in [0.4, 0.5) is 10.5 Å². The van der Waals surface area contributed by atoms with E-state index in [1.165, 1.54) is 18.2 Å². The van der Waals surface area contributed by atoms with Gasteiger partial charge in [0.25, 0.3) is 5.91 Å². The number of nitrogens with zero attached hydrogens (tertiary/aromatic N) is 1. The first kappa shape index (κ1) is 24.7. The van der Waals surface area contributed by atoms with Gasteiger partial charge in [0.2, 0.25) is 0 Å². The number of halogens is 2. The van der Waals surface area contributed by atoms with Gasteiger partial charge in [0.15, 0.2) is 11.0 Å². The number of anilines is 1. The molecule has 3 aromatic rings. The minimum absolute atomic E-state index is 0.0725. The third-order valence-electron chi connectivity index (χ3n) is 4.14. The van der Waals surface area contributed by atoms with Crippen molar-refractivity contribution in [3.63, 3.8) is 0 Å². The first-order chi connectivity index (χ1) is 15.5. The second-order valence-electron chi connectivity index (χ2n) is 7.88. The summed E-state index contributed by atoms with van der Waals surface area (Å²) in [6, 6.07) is 14.7. The highest BCUT2D eigenvalue weighted by Crippen LogP contribution is 2.30. The number of pyridine rings is 1. The maximum absolute atomic E-state index is 12.8. The molecular weight excluding hydrogens is 485 g/mol. The van der Waals surface area contributed by atoms with Gasteiger partial charge in [0, 0.05) is 17.4 Å². The zero-order valence-electron chi connectivity index (χ0n) is 18.0. The predicted molar refractivity (Wildman–Crippen MR) is 130 cm³/mol. The largest absolute Gasteiger partial charge is 0.443 e. The van der Waals surface area contributed by atoms with Gasteiger partial charge in [0.05, 0.1) is 26.2 Å². The Morgan fingerprint density at radius 3 is 2.39 bits per heavy atom. The van der Waals surface area contributed by atoms with Crippen LogP contribution >= 0.6 is 23.2 Å². The van der Waals surface area contributed by atoms with E-state index in [4.69, 9.17) is 27.9 Å². The third kappa shape index (κ3) is 6.77. The van der Waals surface area contributed by atoms with Crippen LogP contribution in [0.1, 0.15) is 31.1 Å². The maximum Gasteiger partial charge on any atom is 0.419 e. The summed E-state index contributed by atoms with van der Waals surface area (Å²) in [7, 11) is -1.91. The van der Waals surface area contributed by atoms with Crippen LogP contribution in [-0.4, -0.2) is 26.8 Å². The highest BCUT2D eigenvalue weighted by atomic mass is 35.5. The summed E-state index contributed by atoms with van der Waals surface area (Å²) in [6.45, 7) is 5.08. The summed E-state index contributed by atoms with van der Waals surface area (Å²) in [5.41, 5.74) is 1.27. The zero-order valence-corrected chi connectivity index (χ0v) is 20.3. The summed E-state index contributed by atoms with van der Waals surface area (Å²) in [4.78, 5) is 29.1. The Balaban J connectivity index is 1.74. The van der Waals surface area contributed by atoms with E-state index in [-0.39, 0.29) is 15.5 Å². The first-order valence-electron chi connectivity index (χ1n) is 9.77. The Hall–Kier alpha value is -2.94. The van der Waals surface area contributed by atoms with Crippen molar-refractivity contribution in [2.24, 2.45) is 0 Å². The van der Waals surface area contributed by atoms with Gasteiger partial charge in [-0.05, 0) is 69.3 Å². The molecule has 7 nitrogen and oxygen atoms in total. The number of ether oxygens (including phenoxy) is 1. The van der Waals surface area contributed by atoms with E-state index in [1.54, 1.807) is 51.2 Å². The monoisotopic (exact) mass is 505 g/mol. The van der Waals surface area contributed by atoms with Crippen molar-refractivity contribution < 1.29 is 18.5 Å². The summed E-state index contributed by atoms with van der Waals surface area (Å²) >= 11 is 12.5. The number of benzene rings is 2. The normalized spacial score (nSPS) is 12.0. The molecule has 0 saturated heterocycles. The van der Waals surface area contributed by atoms with Gasteiger partial charge in [-0.3, -0.25) is 9.78 Å². The smallest absolute Gasteiger partial charge is 0.419 e. The van der Waals surface area contributed by atoms with Gasteiger partial charge in [-0.25, -0.2) is 13.7 Å². The quantitative estimate of drug-likeness (QED) is 0.452. The second-order valence-corrected chi connectivity index (χ2v) is 9.91. The van der Waals surface area contributed by atoms with Crippen molar-refractivity contribution in [2.75, 3.05) is 5.32 Å². The van der Waals surface area contributed by atoms with Gasteiger partial charge in [-0.2, -0.15) is 0 Å². The molecule has 0 aliphatic rings. The first-order valence-corrected chi connectivity index (χ1v) is 11.7. The molecule has 10 heteroatoms. The van der Waals surface area contributed by atoms with Crippen molar-refractivity contribution in [1.82, 2.24) is 9.71 Å². The van der Waals surface area contributed by atoms with Crippen LogP contribution in [0.25, 0.3) is 11.3 Å². The molecule has 0 bridgehead atoms. The van der Waals surface area contributed by atoms with Crippen LogP contribution in [0, 0.1) is 0 Å². The lowest BCUT2D eigenvalue weighted by Gasteiger charge is -2.19. The SMILES string of the molecule is CC(C)(C)OC(=O)NS(=O)c1ccc(C(=O)Nc2ccc(Cl)c(-c3ccccn3)c2)c(Cl)c1. The molecule has 1 atom stereocenters. The van der Waals surface area contributed by atoms with Gasteiger partial charge in [0.1, 0.15) is 5.60 Å². The molecule has 1 heterocycles. The van der Waals surface area contributed by atoms with E-state index in [1.807, 2.05) is 12.1 Å². The van der Waals surface area contributed by atoms with Gasteiger partial charge in [-0.15, -0.1) is 0 Å². The molecular formula is C23H21Cl2N3O4S. The molecule has 2 N–H and O–H groups in total. The summed E-state index contributed by atoms with van der Waals surface area (Å²) in [6.07, 6.45) is 0.824. The summed E-state index contributed by atoms with van der Waals surface area (Å²) in [5.74, 6) is -0.466. The van der Waals surface area contributed by atoms with Crippen molar-refractivity contribution in [3.05, 3.63) is 76.4 Å². The molecule has 0 aliphatic carbocycles. The molecule has 0 radical (unpaired) electrons. The Kier molecular flexibility index (Phi) is 7.73. The van der Waals surface area contributed by atoms with E-state index in [0.717, 1.165) is 0 Å². The van der Waals surface area contributed by atoms with Gasteiger partial charge in [-0.1, -0.05) is 29.3 Å². The molecule has 1 aromatic heterocycles. The average molecular weight is 506 g/mol. The number of carbonyl (C=O) groups is 2.